The van der Waals surface area contributed by atoms with Crippen molar-refractivity contribution in [3.05, 3.63) is 70.5 Å². The summed E-state index contributed by atoms with van der Waals surface area (Å²) >= 11 is 5.93. The summed E-state index contributed by atoms with van der Waals surface area (Å²) in [5, 5.41) is 4.48. The second-order valence-electron chi connectivity index (χ2n) is 5.86. The largest absolute Gasteiger partial charge is 0.465 e. The van der Waals surface area contributed by atoms with Crippen molar-refractivity contribution >= 4 is 39.9 Å². The topological polar surface area (TPSA) is 64.6 Å². The molecule has 29 heavy (non-hydrogen) atoms. The smallest absolute Gasteiger partial charge is 0.387 e. The highest BCUT2D eigenvalue weighted by Crippen LogP contribution is 2.29. The van der Waals surface area contributed by atoms with E-state index in [0.29, 0.717) is 11.1 Å². The van der Waals surface area contributed by atoms with Gasteiger partial charge in [0.1, 0.15) is 0 Å². The minimum absolute atomic E-state index is 0.226. The van der Waals surface area contributed by atoms with Crippen LogP contribution in [0.4, 0.5) is 18.9 Å². The van der Waals surface area contributed by atoms with Crippen molar-refractivity contribution < 1.29 is 32.2 Å². The van der Waals surface area contributed by atoms with Crippen LogP contribution in [0.15, 0.2) is 48.5 Å². The number of benzene rings is 3. The van der Waals surface area contributed by atoms with Crippen LogP contribution >= 0.6 is 11.6 Å². The molecular formula is C20H13ClF3NO4. The van der Waals surface area contributed by atoms with Crippen LogP contribution in [-0.2, 0) is 4.74 Å². The molecule has 1 amide bonds. The highest BCUT2D eigenvalue weighted by Gasteiger charge is 2.21. The van der Waals surface area contributed by atoms with E-state index in [1.54, 1.807) is 30.3 Å². The molecule has 0 heterocycles. The summed E-state index contributed by atoms with van der Waals surface area (Å²) in [7, 11) is 1.05. The fourth-order valence-electron chi connectivity index (χ4n) is 2.67. The molecule has 0 aliphatic heterocycles. The number of carbonyl (C=O) groups is 2. The maximum Gasteiger partial charge on any atom is 0.387 e. The monoisotopic (exact) mass is 423 g/mol. The minimum Gasteiger partial charge on any atom is -0.465 e. The van der Waals surface area contributed by atoms with Crippen LogP contribution in [-0.4, -0.2) is 25.6 Å². The van der Waals surface area contributed by atoms with E-state index in [1.807, 2.05) is 0 Å². The number of anilines is 1. The van der Waals surface area contributed by atoms with Crippen molar-refractivity contribution in [3.8, 4) is 5.75 Å². The van der Waals surface area contributed by atoms with Crippen LogP contribution < -0.4 is 10.1 Å². The highest BCUT2D eigenvalue weighted by atomic mass is 35.5. The Hall–Kier alpha value is -3.26. The molecule has 3 aromatic carbocycles. The molecule has 0 saturated carbocycles. The van der Waals surface area contributed by atoms with Crippen molar-refractivity contribution in [2.45, 2.75) is 6.61 Å². The summed E-state index contributed by atoms with van der Waals surface area (Å²) in [4.78, 5) is 24.6. The second-order valence-corrected chi connectivity index (χ2v) is 6.30. The molecule has 150 valence electrons. The van der Waals surface area contributed by atoms with Crippen molar-refractivity contribution in [3.63, 3.8) is 0 Å². The van der Waals surface area contributed by atoms with Crippen LogP contribution in [0.5, 0.6) is 5.75 Å². The number of ether oxygens (including phenoxy) is 2. The van der Waals surface area contributed by atoms with E-state index in [2.05, 4.69) is 14.8 Å². The lowest BCUT2D eigenvalue weighted by molar-refractivity contribution is -0.0522. The van der Waals surface area contributed by atoms with Crippen LogP contribution in [0.3, 0.4) is 0 Å². The first-order valence-corrected chi connectivity index (χ1v) is 8.53. The predicted molar refractivity (Wildman–Crippen MR) is 101 cm³/mol. The number of carbonyl (C=O) groups excluding carboxylic acids is 2. The van der Waals surface area contributed by atoms with Gasteiger partial charge < -0.3 is 14.8 Å². The molecule has 0 aliphatic rings. The van der Waals surface area contributed by atoms with Crippen molar-refractivity contribution in [2.24, 2.45) is 0 Å². The van der Waals surface area contributed by atoms with Crippen LogP contribution in [0.25, 0.3) is 10.8 Å². The lowest BCUT2D eigenvalue weighted by Gasteiger charge is -2.13. The number of esters is 1. The normalized spacial score (nSPS) is 10.8. The fraction of sp³-hybridized carbons (Fsp3) is 0.100. The molecular weight excluding hydrogens is 411 g/mol. The fourth-order valence-corrected chi connectivity index (χ4v) is 2.85. The molecule has 0 spiro atoms. The van der Waals surface area contributed by atoms with E-state index < -0.39 is 30.1 Å². The number of fused-ring (bicyclic) bond motifs is 1. The van der Waals surface area contributed by atoms with E-state index in [0.717, 1.165) is 23.9 Å². The molecule has 5 nitrogen and oxygen atoms in total. The van der Waals surface area contributed by atoms with Gasteiger partial charge in [0.2, 0.25) is 0 Å². The number of rotatable bonds is 5. The van der Waals surface area contributed by atoms with Gasteiger partial charge in [-0.05, 0) is 35.0 Å². The highest BCUT2D eigenvalue weighted by molar-refractivity contribution is 6.31. The van der Waals surface area contributed by atoms with Gasteiger partial charge in [-0.1, -0.05) is 23.7 Å². The number of methoxy groups -OCH3 is 1. The number of hydrogen-bond donors (Lipinski definition) is 1. The van der Waals surface area contributed by atoms with Crippen molar-refractivity contribution in [1.82, 2.24) is 0 Å². The molecule has 0 atom stereocenters. The average Bonchev–Trinajstić information content (AvgIpc) is 2.68. The Balaban J connectivity index is 1.95. The molecule has 0 saturated heterocycles. The molecule has 1 N–H and O–H groups in total. The quantitative estimate of drug-likeness (QED) is 0.568. The van der Waals surface area contributed by atoms with E-state index in [-0.39, 0.29) is 16.8 Å². The summed E-state index contributed by atoms with van der Waals surface area (Å²) in [6.45, 7) is -3.29. The third kappa shape index (κ3) is 4.60. The first-order valence-electron chi connectivity index (χ1n) is 8.16. The second kappa shape index (κ2) is 8.40. The third-order valence-electron chi connectivity index (χ3n) is 4.01. The lowest BCUT2D eigenvalue weighted by atomic mass is 10.1. The lowest BCUT2D eigenvalue weighted by Crippen LogP contribution is -2.16. The Morgan fingerprint density at radius 3 is 2.41 bits per heavy atom. The summed E-state index contributed by atoms with van der Waals surface area (Å²) in [6.07, 6.45) is 0. The molecule has 3 aromatic rings. The average molecular weight is 424 g/mol. The van der Waals surface area contributed by atoms with E-state index >= 15 is 0 Å². The SMILES string of the molecule is COC(=O)c1cc(OC(F)F)c(F)cc1NC(=O)c1ccc2cc(Cl)ccc2c1. The first-order chi connectivity index (χ1) is 13.8. The van der Waals surface area contributed by atoms with E-state index in [9.17, 15) is 22.8 Å². The van der Waals surface area contributed by atoms with Gasteiger partial charge in [0.05, 0.1) is 18.4 Å². The van der Waals surface area contributed by atoms with Gasteiger partial charge >= 0.3 is 12.6 Å². The Morgan fingerprint density at radius 2 is 1.72 bits per heavy atom. The van der Waals surface area contributed by atoms with E-state index in [1.165, 1.54) is 6.07 Å². The van der Waals surface area contributed by atoms with Gasteiger partial charge in [0.15, 0.2) is 11.6 Å². The molecule has 0 aromatic heterocycles. The van der Waals surface area contributed by atoms with Gasteiger partial charge in [-0.25, -0.2) is 9.18 Å². The maximum atomic E-state index is 14.1. The molecule has 0 fully saturated rings. The van der Waals surface area contributed by atoms with Gasteiger partial charge in [-0.2, -0.15) is 8.78 Å². The summed E-state index contributed by atoms with van der Waals surface area (Å²) in [5.41, 5.74) is -0.369. The summed E-state index contributed by atoms with van der Waals surface area (Å²) < 4.78 is 47.5. The molecule has 0 aliphatic carbocycles. The number of halogens is 4. The zero-order valence-electron chi connectivity index (χ0n) is 14.8. The molecule has 3 rings (SSSR count). The molecule has 0 bridgehead atoms. The standard InChI is InChI=1S/C20H13ClF3NO4/c1-28-19(27)14-8-17(29-20(23)24)15(22)9-16(14)25-18(26)12-3-2-11-7-13(21)5-4-10(11)6-12/h2-9,20H,1H3,(H,25,26). The molecule has 0 unspecified atom stereocenters. The van der Waals surface area contributed by atoms with Crippen LogP contribution in [0.1, 0.15) is 20.7 Å². The number of amides is 1. The van der Waals surface area contributed by atoms with Gasteiger partial charge in [-0.15, -0.1) is 0 Å². The molecule has 9 heteroatoms. The molecule has 0 radical (unpaired) electrons. The Morgan fingerprint density at radius 1 is 1.03 bits per heavy atom. The van der Waals surface area contributed by atoms with Crippen molar-refractivity contribution in [1.29, 1.82) is 0 Å². The van der Waals surface area contributed by atoms with Gasteiger partial charge in [0, 0.05) is 22.7 Å². The minimum atomic E-state index is -3.29. The van der Waals surface area contributed by atoms with Crippen LogP contribution in [0, 0.1) is 5.82 Å². The number of alkyl halides is 2. The maximum absolute atomic E-state index is 14.1. The van der Waals surface area contributed by atoms with Gasteiger partial charge in [0.25, 0.3) is 5.91 Å². The summed E-state index contributed by atoms with van der Waals surface area (Å²) in [5.74, 6) is -3.64. The predicted octanol–water partition coefficient (Wildman–Crippen LogP) is 5.27. The van der Waals surface area contributed by atoms with Crippen molar-refractivity contribution in [2.75, 3.05) is 12.4 Å². The number of nitrogens with one attached hydrogen (secondary N) is 1. The van der Waals surface area contributed by atoms with Crippen LogP contribution in [0.2, 0.25) is 5.02 Å². The Bertz CT molecular complexity index is 1100. The zero-order valence-corrected chi connectivity index (χ0v) is 15.6. The Kier molecular flexibility index (Phi) is 5.93. The zero-order chi connectivity index (χ0) is 21.1. The third-order valence-corrected chi connectivity index (χ3v) is 4.24. The first kappa shape index (κ1) is 20.5. The number of hydrogen-bond acceptors (Lipinski definition) is 4. The summed E-state index contributed by atoms with van der Waals surface area (Å²) in [6, 6.07) is 11.4. The Labute approximate surface area is 168 Å². The van der Waals surface area contributed by atoms with E-state index in [4.69, 9.17) is 11.6 Å². The van der Waals surface area contributed by atoms with Gasteiger partial charge in [-0.3, -0.25) is 4.79 Å².